The standard InChI is InChI=1S/C16H21NS/c1-4-13-5-7-14(8-6-13)11-15(17-3)16-12(2)9-10-18-16/h5-10,15,17H,4,11H2,1-3H3. The summed E-state index contributed by atoms with van der Waals surface area (Å²) in [7, 11) is 2.05. The summed E-state index contributed by atoms with van der Waals surface area (Å²) in [6.45, 7) is 4.39. The quantitative estimate of drug-likeness (QED) is 0.851. The summed E-state index contributed by atoms with van der Waals surface area (Å²) in [5.74, 6) is 0. The zero-order valence-electron chi connectivity index (χ0n) is 11.4. The van der Waals surface area contributed by atoms with Crippen molar-refractivity contribution < 1.29 is 0 Å². The molecule has 96 valence electrons. The van der Waals surface area contributed by atoms with Gasteiger partial charge < -0.3 is 5.32 Å². The predicted octanol–water partition coefficient (Wildman–Crippen LogP) is 4.12. The molecule has 1 heterocycles. The van der Waals surface area contributed by atoms with E-state index in [0.717, 1.165) is 12.8 Å². The highest BCUT2D eigenvalue weighted by molar-refractivity contribution is 7.10. The van der Waals surface area contributed by atoms with Crippen molar-refractivity contribution in [1.29, 1.82) is 0 Å². The lowest BCUT2D eigenvalue weighted by Crippen LogP contribution is -2.18. The summed E-state index contributed by atoms with van der Waals surface area (Å²) in [4.78, 5) is 1.46. The van der Waals surface area contributed by atoms with Crippen LogP contribution in [-0.2, 0) is 12.8 Å². The summed E-state index contributed by atoms with van der Waals surface area (Å²) >= 11 is 1.85. The number of nitrogens with one attached hydrogen (secondary N) is 1. The molecule has 2 aromatic rings. The van der Waals surface area contributed by atoms with Crippen LogP contribution in [0.4, 0.5) is 0 Å². The molecule has 0 aliphatic heterocycles. The Morgan fingerprint density at radius 1 is 1.11 bits per heavy atom. The zero-order valence-corrected chi connectivity index (χ0v) is 12.2. The van der Waals surface area contributed by atoms with E-state index in [1.807, 2.05) is 18.4 Å². The molecule has 1 aromatic heterocycles. The van der Waals surface area contributed by atoms with Crippen molar-refractivity contribution in [2.24, 2.45) is 0 Å². The van der Waals surface area contributed by atoms with E-state index in [1.54, 1.807) is 0 Å². The number of rotatable bonds is 5. The number of benzene rings is 1. The van der Waals surface area contributed by atoms with Crippen LogP contribution in [0.25, 0.3) is 0 Å². The first kappa shape index (κ1) is 13.3. The molecule has 1 nitrogen and oxygen atoms in total. The number of aryl methyl sites for hydroxylation is 2. The van der Waals surface area contributed by atoms with Gasteiger partial charge in [0.2, 0.25) is 0 Å². The lowest BCUT2D eigenvalue weighted by atomic mass is 10.0. The van der Waals surface area contributed by atoms with Crippen molar-refractivity contribution >= 4 is 11.3 Å². The number of likely N-dealkylation sites (N-methyl/N-ethyl adjacent to an activating group) is 1. The fourth-order valence-corrected chi connectivity index (χ4v) is 3.25. The van der Waals surface area contributed by atoms with Crippen molar-refractivity contribution in [2.75, 3.05) is 7.05 Å². The minimum Gasteiger partial charge on any atom is -0.312 e. The van der Waals surface area contributed by atoms with Crippen molar-refractivity contribution in [2.45, 2.75) is 32.7 Å². The third kappa shape index (κ3) is 3.01. The fourth-order valence-electron chi connectivity index (χ4n) is 2.21. The lowest BCUT2D eigenvalue weighted by Gasteiger charge is -2.16. The van der Waals surface area contributed by atoms with Crippen molar-refractivity contribution in [3.8, 4) is 0 Å². The predicted molar refractivity (Wildman–Crippen MR) is 80.4 cm³/mol. The molecular weight excluding hydrogens is 238 g/mol. The lowest BCUT2D eigenvalue weighted by molar-refractivity contribution is 0.599. The molecule has 2 rings (SSSR count). The maximum absolute atomic E-state index is 3.43. The Balaban J connectivity index is 2.13. The first-order chi connectivity index (χ1) is 8.74. The van der Waals surface area contributed by atoms with Crippen LogP contribution in [0.15, 0.2) is 35.7 Å². The van der Waals surface area contributed by atoms with E-state index in [4.69, 9.17) is 0 Å². The molecule has 0 radical (unpaired) electrons. The van der Waals surface area contributed by atoms with Crippen LogP contribution in [0.5, 0.6) is 0 Å². The molecule has 0 aliphatic rings. The summed E-state index contributed by atoms with van der Waals surface area (Å²) in [5.41, 5.74) is 4.20. The highest BCUT2D eigenvalue weighted by Gasteiger charge is 2.13. The van der Waals surface area contributed by atoms with Crippen LogP contribution < -0.4 is 5.32 Å². The molecule has 0 fully saturated rings. The maximum Gasteiger partial charge on any atom is 0.0455 e. The molecule has 0 aliphatic carbocycles. The molecule has 1 aromatic carbocycles. The van der Waals surface area contributed by atoms with E-state index in [2.05, 4.69) is 54.9 Å². The molecule has 0 saturated carbocycles. The van der Waals surface area contributed by atoms with Gasteiger partial charge in [0.25, 0.3) is 0 Å². The molecule has 2 heteroatoms. The van der Waals surface area contributed by atoms with Gasteiger partial charge in [-0.05, 0) is 54.9 Å². The van der Waals surface area contributed by atoms with Gasteiger partial charge in [-0.15, -0.1) is 11.3 Å². The van der Waals surface area contributed by atoms with Gasteiger partial charge in [-0.25, -0.2) is 0 Å². The number of thiophene rings is 1. The van der Waals surface area contributed by atoms with Gasteiger partial charge >= 0.3 is 0 Å². The zero-order chi connectivity index (χ0) is 13.0. The van der Waals surface area contributed by atoms with E-state index >= 15 is 0 Å². The van der Waals surface area contributed by atoms with E-state index in [0.29, 0.717) is 6.04 Å². The summed E-state index contributed by atoms with van der Waals surface area (Å²) in [5, 5.41) is 5.61. The Labute approximate surface area is 114 Å². The highest BCUT2D eigenvalue weighted by atomic mass is 32.1. The second-order valence-corrected chi connectivity index (χ2v) is 5.63. The largest absolute Gasteiger partial charge is 0.312 e. The van der Waals surface area contributed by atoms with Gasteiger partial charge in [0.15, 0.2) is 0 Å². The Morgan fingerprint density at radius 3 is 2.28 bits per heavy atom. The monoisotopic (exact) mass is 259 g/mol. The Hall–Kier alpha value is -1.12. The van der Waals surface area contributed by atoms with Crippen LogP contribution in [0.2, 0.25) is 0 Å². The van der Waals surface area contributed by atoms with Crippen LogP contribution >= 0.6 is 11.3 Å². The van der Waals surface area contributed by atoms with Crippen LogP contribution in [-0.4, -0.2) is 7.05 Å². The van der Waals surface area contributed by atoms with E-state index in [-0.39, 0.29) is 0 Å². The first-order valence-electron chi connectivity index (χ1n) is 6.53. The van der Waals surface area contributed by atoms with Crippen molar-refractivity contribution in [3.05, 3.63) is 57.3 Å². The molecule has 1 N–H and O–H groups in total. The minimum atomic E-state index is 0.428. The van der Waals surface area contributed by atoms with Gasteiger partial charge in [-0.1, -0.05) is 31.2 Å². The molecule has 0 spiro atoms. The third-order valence-electron chi connectivity index (χ3n) is 3.44. The first-order valence-corrected chi connectivity index (χ1v) is 7.41. The Kier molecular flexibility index (Phi) is 4.56. The average molecular weight is 259 g/mol. The summed E-state index contributed by atoms with van der Waals surface area (Å²) < 4.78 is 0. The van der Waals surface area contributed by atoms with Gasteiger partial charge in [-0.2, -0.15) is 0 Å². The maximum atomic E-state index is 3.43. The van der Waals surface area contributed by atoms with E-state index in [1.165, 1.54) is 21.6 Å². The van der Waals surface area contributed by atoms with Gasteiger partial charge in [0.1, 0.15) is 0 Å². The van der Waals surface area contributed by atoms with Crippen LogP contribution in [0.1, 0.15) is 34.5 Å². The van der Waals surface area contributed by atoms with E-state index in [9.17, 15) is 0 Å². The molecule has 0 bridgehead atoms. The molecule has 1 unspecified atom stereocenters. The highest BCUT2D eigenvalue weighted by Crippen LogP contribution is 2.26. The number of hydrogen-bond acceptors (Lipinski definition) is 2. The topological polar surface area (TPSA) is 12.0 Å². The summed E-state index contributed by atoms with van der Waals surface area (Å²) in [6.07, 6.45) is 2.17. The van der Waals surface area contributed by atoms with Crippen molar-refractivity contribution in [3.63, 3.8) is 0 Å². The fraction of sp³-hybridized carbons (Fsp3) is 0.375. The summed E-state index contributed by atoms with van der Waals surface area (Å²) in [6, 6.07) is 11.6. The minimum absolute atomic E-state index is 0.428. The Morgan fingerprint density at radius 2 is 1.78 bits per heavy atom. The van der Waals surface area contributed by atoms with Crippen LogP contribution in [0.3, 0.4) is 0 Å². The van der Waals surface area contributed by atoms with E-state index < -0.39 is 0 Å². The third-order valence-corrected chi connectivity index (χ3v) is 4.57. The van der Waals surface area contributed by atoms with Crippen LogP contribution in [0, 0.1) is 6.92 Å². The molecule has 0 saturated heterocycles. The van der Waals surface area contributed by atoms with Gasteiger partial charge in [0.05, 0.1) is 0 Å². The van der Waals surface area contributed by atoms with Gasteiger partial charge in [-0.3, -0.25) is 0 Å². The molecule has 0 amide bonds. The molecule has 1 atom stereocenters. The average Bonchev–Trinajstić information content (AvgIpc) is 2.83. The Bertz CT molecular complexity index is 484. The number of hydrogen-bond donors (Lipinski definition) is 1. The smallest absolute Gasteiger partial charge is 0.0455 e. The molecule has 18 heavy (non-hydrogen) atoms. The molecular formula is C16H21NS. The second-order valence-electron chi connectivity index (χ2n) is 4.68. The van der Waals surface area contributed by atoms with Gasteiger partial charge in [0, 0.05) is 10.9 Å². The SMILES string of the molecule is CCc1ccc(CC(NC)c2sccc2C)cc1. The van der Waals surface area contributed by atoms with Crippen molar-refractivity contribution in [1.82, 2.24) is 5.32 Å². The second kappa shape index (κ2) is 6.17. The normalized spacial score (nSPS) is 12.6.